The summed E-state index contributed by atoms with van der Waals surface area (Å²) in [7, 11) is 2.20. The molecule has 2 aromatic rings. The van der Waals surface area contributed by atoms with Gasteiger partial charge in [0.2, 0.25) is 0 Å². The van der Waals surface area contributed by atoms with Crippen molar-refractivity contribution < 1.29 is 9.47 Å². The molecule has 29 heavy (non-hydrogen) atoms. The molecule has 0 amide bonds. The first-order valence-electron chi connectivity index (χ1n) is 10.7. The molecule has 0 saturated heterocycles. The third-order valence-electron chi connectivity index (χ3n) is 6.15. The average Bonchev–Trinajstić information content (AvgIpc) is 2.96. The van der Waals surface area contributed by atoms with Gasteiger partial charge in [-0.2, -0.15) is 0 Å². The summed E-state index contributed by atoms with van der Waals surface area (Å²) in [6.45, 7) is 6.12. The van der Waals surface area contributed by atoms with Crippen LogP contribution >= 0.6 is 0 Å². The second-order valence-corrected chi connectivity index (χ2v) is 8.24. The predicted octanol–water partition coefficient (Wildman–Crippen LogP) is 4.34. The molecule has 152 valence electrons. The Morgan fingerprint density at radius 3 is 2.90 bits per heavy atom. The zero-order valence-corrected chi connectivity index (χ0v) is 17.3. The Hall–Kier alpha value is -2.37. The minimum atomic E-state index is -0.132. The number of nitrogens with one attached hydrogen (secondary N) is 1. The van der Waals surface area contributed by atoms with Crippen molar-refractivity contribution in [3.05, 3.63) is 58.7 Å². The van der Waals surface area contributed by atoms with E-state index in [1.165, 1.54) is 16.7 Å². The Morgan fingerprint density at radius 2 is 2.07 bits per heavy atom. The van der Waals surface area contributed by atoms with Gasteiger partial charge in [-0.05, 0) is 36.2 Å². The number of nitrogens with zero attached hydrogens (tertiary/aromatic N) is 2. The van der Waals surface area contributed by atoms with E-state index in [9.17, 15) is 0 Å². The quantitative estimate of drug-likeness (QED) is 0.788. The molecule has 0 bridgehead atoms. The van der Waals surface area contributed by atoms with Crippen LogP contribution in [0.15, 0.2) is 41.4 Å². The van der Waals surface area contributed by atoms with Crippen molar-refractivity contribution in [3.63, 3.8) is 0 Å². The number of unbranched alkanes of at least 4 members (excludes halogenated alkanes) is 1. The molecule has 3 aliphatic heterocycles. The van der Waals surface area contributed by atoms with Gasteiger partial charge >= 0.3 is 0 Å². The summed E-state index contributed by atoms with van der Waals surface area (Å²) in [6, 6.07) is 13.1. The van der Waals surface area contributed by atoms with Gasteiger partial charge in [0.15, 0.2) is 0 Å². The molecule has 0 saturated carbocycles. The van der Waals surface area contributed by atoms with Crippen LogP contribution < -0.4 is 10.1 Å². The number of hydrogen-bond donors (Lipinski definition) is 1. The minimum Gasteiger partial charge on any atom is -0.491 e. The maximum Gasteiger partial charge on any atom is 0.145 e. The van der Waals surface area contributed by atoms with E-state index in [0.717, 1.165) is 55.3 Å². The van der Waals surface area contributed by atoms with Crippen LogP contribution in [0.3, 0.4) is 0 Å². The van der Waals surface area contributed by atoms with Gasteiger partial charge < -0.3 is 19.7 Å². The molecule has 0 spiro atoms. The molecular weight excluding hydrogens is 362 g/mol. The highest BCUT2D eigenvalue weighted by atomic mass is 16.5. The number of amidine groups is 1. The summed E-state index contributed by atoms with van der Waals surface area (Å²) >= 11 is 0. The van der Waals surface area contributed by atoms with Crippen molar-refractivity contribution in [2.75, 3.05) is 38.7 Å². The third kappa shape index (κ3) is 3.32. The van der Waals surface area contributed by atoms with Crippen molar-refractivity contribution >= 4 is 11.5 Å². The fraction of sp³-hybridized carbons (Fsp3) is 0.458. The maximum absolute atomic E-state index is 6.17. The first kappa shape index (κ1) is 18.6. The topological polar surface area (TPSA) is 46.1 Å². The van der Waals surface area contributed by atoms with E-state index in [4.69, 9.17) is 14.5 Å². The molecule has 0 aliphatic carbocycles. The number of rotatable bonds is 4. The van der Waals surface area contributed by atoms with Gasteiger partial charge in [-0.25, -0.2) is 0 Å². The fourth-order valence-electron chi connectivity index (χ4n) is 4.75. The van der Waals surface area contributed by atoms with Gasteiger partial charge in [-0.15, -0.1) is 0 Å². The molecule has 2 aromatic carbocycles. The zero-order chi connectivity index (χ0) is 19.8. The lowest BCUT2D eigenvalue weighted by Gasteiger charge is -2.34. The second-order valence-electron chi connectivity index (χ2n) is 8.24. The third-order valence-corrected chi connectivity index (χ3v) is 6.15. The lowest BCUT2D eigenvalue weighted by molar-refractivity contribution is 0.0893. The Morgan fingerprint density at radius 1 is 1.21 bits per heavy atom. The van der Waals surface area contributed by atoms with Crippen LogP contribution in [0.4, 0.5) is 5.69 Å². The zero-order valence-electron chi connectivity index (χ0n) is 17.3. The van der Waals surface area contributed by atoms with Gasteiger partial charge in [0.05, 0.1) is 17.9 Å². The van der Waals surface area contributed by atoms with E-state index in [2.05, 4.69) is 60.6 Å². The number of anilines is 1. The van der Waals surface area contributed by atoms with E-state index in [0.29, 0.717) is 19.1 Å². The van der Waals surface area contributed by atoms with Crippen LogP contribution in [0.2, 0.25) is 0 Å². The van der Waals surface area contributed by atoms with Crippen molar-refractivity contribution in [3.8, 4) is 5.75 Å². The van der Waals surface area contributed by atoms with Crippen molar-refractivity contribution in [1.82, 2.24) is 4.90 Å². The molecule has 1 N–H and O–H groups in total. The number of hydrogen-bond acceptors (Lipinski definition) is 4. The molecular formula is C24H29N3O2. The Balaban J connectivity index is 1.63. The Labute approximate surface area is 172 Å². The molecule has 5 rings (SSSR count). The molecule has 5 nitrogen and oxygen atoms in total. The molecule has 2 atom stereocenters. The highest BCUT2D eigenvalue weighted by molar-refractivity contribution is 6.07. The smallest absolute Gasteiger partial charge is 0.145 e. The molecule has 3 aliphatic rings. The highest BCUT2D eigenvalue weighted by Crippen LogP contribution is 2.49. The lowest BCUT2D eigenvalue weighted by atomic mass is 9.83. The van der Waals surface area contributed by atoms with Crippen molar-refractivity contribution in [2.24, 2.45) is 4.99 Å². The number of aliphatic imine (C=N–C) groups is 1. The van der Waals surface area contributed by atoms with Crippen molar-refractivity contribution in [1.29, 1.82) is 0 Å². The summed E-state index contributed by atoms with van der Waals surface area (Å²) in [5.41, 5.74) is 6.37. The molecule has 3 heterocycles. The maximum atomic E-state index is 6.17. The summed E-state index contributed by atoms with van der Waals surface area (Å²) in [6.07, 6.45) is 2.10. The Kier molecular flexibility index (Phi) is 5.02. The monoisotopic (exact) mass is 391 g/mol. The van der Waals surface area contributed by atoms with E-state index < -0.39 is 0 Å². The number of ether oxygens (including phenoxy) is 2. The van der Waals surface area contributed by atoms with Gasteiger partial charge in [-0.1, -0.05) is 43.7 Å². The molecule has 2 unspecified atom stereocenters. The van der Waals surface area contributed by atoms with E-state index in [-0.39, 0.29) is 6.10 Å². The first-order chi connectivity index (χ1) is 14.3. The molecule has 0 fully saturated rings. The van der Waals surface area contributed by atoms with Gasteiger partial charge in [-0.3, -0.25) is 4.99 Å². The van der Waals surface area contributed by atoms with Crippen molar-refractivity contribution in [2.45, 2.75) is 38.3 Å². The number of benzene rings is 2. The summed E-state index contributed by atoms with van der Waals surface area (Å²) in [4.78, 5) is 7.26. The SMILES string of the molecule is CCCCN=C1Nc2c3c(cc4c2C1OCCO4)C(c1ccccc1)CN(C)C3. The standard InChI is InChI=1S/C24H29N3O2/c1-3-4-10-25-24-23-21-20(28-11-12-29-23)13-17-18(16-8-6-5-7-9-16)14-27(2)15-19(17)22(21)26-24/h5-9,13,18,23H,3-4,10-12,14-15H2,1-2H3,(H,25,26). The molecule has 5 heteroatoms. The summed E-state index contributed by atoms with van der Waals surface area (Å²) in [5.74, 6) is 2.23. The average molecular weight is 392 g/mol. The van der Waals surface area contributed by atoms with E-state index >= 15 is 0 Å². The van der Waals surface area contributed by atoms with Crippen LogP contribution in [0.1, 0.15) is 54.0 Å². The van der Waals surface area contributed by atoms with Crippen LogP contribution in [-0.2, 0) is 11.3 Å². The molecule has 0 aromatic heterocycles. The second kappa shape index (κ2) is 7.81. The van der Waals surface area contributed by atoms with Crippen LogP contribution in [0.5, 0.6) is 5.75 Å². The molecule has 0 radical (unpaired) electrons. The fourth-order valence-corrected chi connectivity index (χ4v) is 4.75. The number of fused-ring (bicyclic) bond motifs is 2. The normalized spacial score (nSPS) is 24.4. The largest absolute Gasteiger partial charge is 0.491 e. The van der Waals surface area contributed by atoms with Crippen LogP contribution in [0.25, 0.3) is 0 Å². The van der Waals surface area contributed by atoms with E-state index in [1.54, 1.807) is 0 Å². The van der Waals surface area contributed by atoms with Gasteiger partial charge in [0.25, 0.3) is 0 Å². The lowest BCUT2D eigenvalue weighted by Crippen LogP contribution is -2.31. The summed E-state index contributed by atoms with van der Waals surface area (Å²) in [5, 5.41) is 3.64. The van der Waals surface area contributed by atoms with Gasteiger partial charge in [0.1, 0.15) is 24.3 Å². The first-order valence-corrected chi connectivity index (χ1v) is 10.7. The highest BCUT2D eigenvalue weighted by Gasteiger charge is 2.39. The summed E-state index contributed by atoms with van der Waals surface area (Å²) < 4.78 is 12.3. The minimum absolute atomic E-state index is 0.132. The van der Waals surface area contributed by atoms with Crippen LogP contribution in [-0.4, -0.2) is 44.1 Å². The Bertz CT molecular complexity index is 925. The van der Waals surface area contributed by atoms with E-state index in [1.807, 2.05) is 0 Å². The number of likely N-dealkylation sites (N-methyl/N-ethyl adjacent to an activating group) is 1. The predicted molar refractivity (Wildman–Crippen MR) is 116 cm³/mol. The van der Waals surface area contributed by atoms with Crippen LogP contribution in [0, 0.1) is 0 Å². The van der Waals surface area contributed by atoms with Gasteiger partial charge in [0, 0.05) is 25.6 Å².